The van der Waals surface area contributed by atoms with Gasteiger partial charge in [0.2, 0.25) is 0 Å². The molecule has 0 radical (unpaired) electrons. The van der Waals surface area contributed by atoms with Gasteiger partial charge in [0.15, 0.2) is 0 Å². The van der Waals surface area contributed by atoms with Crippen LogP contribution in [0.25, 0.3) is 0 Å². The fraction of sp³-hybridized carbons (Fsp3) is 0.400. The van der Waals surface area contributed by atoms with E-state index in [2.05, 4.69) is 4.90 Å². The predicted molar refractivity (Wildman–Crippen MR) is 90.0 cm³/mol. The molecule has 0 saturated carbocycles. The number of halogens is 4. The number of piperidine rings is 1. The molecule has 1 nitrogen and oxygen atoms in total. The molecule has 5 heteroatoms. The quantitative estimate of drug-likeness (QED) is 0.679. The zero-order valence-electron chi connectivity index (χ0n) is 13.9. The summed E-state index contributed by atoms with van der Waals surface area (Å²) in [5.41, 5.74) is 1.32. The van der Waals surface area contributed by atoms with Crippen molar-refractivity contribution in [1.82, 2.24) is 4.90 Å². The number of hydrogen-bond donors (Lipinski definition) is 0. The summed E-state index contributed by atoms with van der Waals surface area (Å²) in [5.74, 6) is -0.0463. The Bertz CT molecular complexity index is 686. The minimum Gasteiger partial charge on any atom is -0.303 e. The number of nitrogens with zero attached hydrogens (tertiary/aromatic N) is 1. The van der Waals surface area contributed by atoms with Crippen LogP contribution >= 0.6 is 0 Å². The fourth-order valence-corrected chi connectivity index (χ4v) is 3.40. The molecule has 1 saturated heterocycles. The maximum absolute atomic E-state index is 12.9. The third-order valence-corrected chi connectivity index (χ3v) is 4.90. The van der Waals surface area contributed by atoms with Gasteiger partial charge in [-0.25, -0.2) is 4.39 Å². The lowest BCUT2D eigenvalue weighted by Gasteiger charge is -2.32. The van der Waals surface area contributed by atoms with E-state index in [-0.39, 0.29) is 11.7 Å². The van der Waals surface area contributed by atoms with Crippen LogP contribution in [0.5, 0.6) is 0 Å². The van der Waals surface area contributed by atoms with E-state index >= 15 is 0 Å². The van der Waals surface area contributed by atoms with Crippen molar-refractivity contribution in [1.29, 1.82) is 0 Å². The molecule has 2 aromatic rings. The van der Waals surface area contributed by atoms with E-state index < -0.39 is 11.7 Å². The molecule has 0 amide bonds. The lowest BCUT2D eigenvalue weighted by molar-refractivity contribution is -0.137. The molecule has 1 heterocycles. The number of likely N-dealkylation sites (tertiary alicyclic amines) is 1. The summed E-state index contributed by atoms with van der Waals surface area (Å²) < 4.78 is 51.5. The van der Waals surface area contributed by atoms with E-state index in [1.165, 1.54) is 24.3 Å². The van der Waals surface area contributed by atoms with E-state index in [9.17, 15) is 17.6 Å². The maximum atomic E-state index is 12.9. The standard InChI is InChI=1S/C20H21F4N/c21-19-6-4-15(5-7-19)8-11-25-12-9-16(10-13-25)17-2-1-3-18(14-17)20(22,23)24/h1-7,14,16H,8-13H2. The summed E-state index contributed by atoms with van der Waals surface area (Å²) >= 11 is 0. The zero-order chi connectivity index (χ0) is 17.9. The molecule has 134 valence electrons. The number of rotatable bonds is 4. The minimum absolute atomic E-state index is 0.185. The Kier molecular flexibility index (Phi) is 5.42. The van der Waals surface area contributed by atoms with Crippen LogP contribution in [0.4, 0.5) is 17.6 Å². The van der Waals surface area contributed by atoms with Crippen molar-refractivity contribution in [2.75, 3.05) is 19.6 Å². The Labute approximate surface area is 145 Å². The topological polar surface area (TPSA) is 3.24 Å². The molecule has 25 heavy (non-hydrogen) atoms. The van der Waals surface area contributed by atoms with Gasteiger partial charge in [-0.1, -0.05) is 30.3 Å². The van der Waals surface area contributed by atoms with Crippen LogP contribution in [0.2, 0.25) is 0 Å². The van der Waals surface area contributed by atoms with Crippen LogP contribution in [0, 0.1) is 5.82 Å². The van der Waals surface area contributed by atoms with Gasteiger partial charge in [-0.15, -0.1) is 0 Å². The molecule has 0 unspecified atom stereocenters. The largest absolute Gasteiger partial charge is 0.416 e. The van der Waals surface area contributed by atoms with Gasteiger partial charge < -0.3 is 4.90 Å². The van der Waals surface area contributed by atoms with E-state index in [1.807, 2.05) is 0 Å². The van der Waals surface area contributed by atoms with Crippen molar-refractivity contribution in [3.63, 3.8) is 0 Å². The highest BCUT2D eigenvalue weighted by atomic mass is 19.4. The lowest BCUT2D eigenvalue weighted by atomic mass is 9.88. The predicted octanol–water partition coefficient (Wildman–Crippen LogP) is 5.27. The molecule has 1 fully saturated rings. The average Bonchev–Trinajstić information content (AvgIpc) is 2.61. The second-order valence-electron chi connectivity index (χ2n) is 6.62. The maximum Gasteiger partial charge on any atom is 0.416 e. The molecule has 0 aromatic heterocycles. The average molecular weight is 351 g/mol. The van der Waals surface area contributed by atoms with Gasteiger partial charge in [-0.3, -0.25) is 0 Å². The lowest BCUT2D eigenvalue weighted by Crippen LogP contribution is -2.34. The van der Waals surface area contributed by atoms with Crippen LogP contribution in [-0.2, 0) is 12.6 Å². The highest BCUT2D eigenvalue weighted by Crippen LogP contribution is 2.34. The molecule has 1 aliphatic heterocycles. The molecule has 0 atom stereocenters. The second kappa shape index (κ2) is 7.56. The van der Waals surface area contributed by atoms with E-state index in [0.717, 1.165) is 56.1 Å². The van der Waals surface area contributed by atoms with Crippen molar-refractivity contribution in [3.8, 4) is 0 Å². The van der Waals surface area contributed by atoms with Crippen LogP contribution in [0.3, 0.4) is 0 Å². The Hall–Kier alpha value is -1.88. The summed E-state index contributed by atoms with van der Waals surface area (Å²) in [6, 6.07) is 12.2. The summed E-state index contributed by atoms with van der Waals surface area (Å²) in [5, 5.41) is 0. The van der Waals surface area contributed by atoms with Crippen LogP contribution < -0.4 is 0 Å². The van der Waals surface area contributed by atoms with Crippen molar-refractivity contribution in [2.45, 2.75) is 31.4 Å². The fourth-order valence-electron chi connectivity index (χ4n) is 3.40. The van der Waals surface area contributed by atoms with Crippen molar-refractivity contribution in [3.05, 3.63) is 71.0 Å². The Morgan fingerprint density at radius 3 is 2.28 bits per heavy atom. The van der Waals surface area contributed by atoms with E-state index in [0.29, 0.717) is 0 Å². The molecule has 2 aromatic carbocycles. The molecule has 0 N–H and O–H groups in total. The Balaban J connectivity index is 1.52. The highest BCUT2D eigenvalue weighted by molar-refractivity contribution is 5.28. The van der Waals surface area contributed by atoms with E-state index in [4.69, 9.17) is 0 Å². The number of hydrogen-bond acceptors (Lipinski definition) is 1. The molecular weight excluding hydrogens is 330 g/mol. The normalized spacial score (nSPS) is 17.0. The Morgan fingerprint density at radius 1 is 0.960 bits per heavy atom. The van der Waals surface area contributed by atoms with Crippen LogP contribution in [0.1, 0.15) is 35.4 Å². The second-order valence-corrected chi connectivity index (χ2v) is 6.62. The van der Waals surface area contributed by atoms with E-state index in [1.54, 1.807) is 18.2 Å². The molecule has 0 spiro atoms. The summed E-state index contributed by atoms with van der Waals surface area (Å²) in [6.45, 7) is 2.64. The monoisotopic (exact) mass is 351 g/mol. The third-order valence-electron chi connectivity index (χ3n) is 4.90. The van der Waals surface area contributed by atoms with Gasteiger partial charge in [0.25, 0.3) is 0 Å². The summed E-state index contributed by atoms with van der Waals surface area (Å²) in [6.07, 6.45) is -1.70. The first-order valence-electron chi connectivity index (χ1n) is 8.56. The van der Waals surface area contributed by atoms with Crippen molar-refractivity contribution in [2.24, 2.45) is 0 Å². The van der Waals surface area contributed by atoms with Gasteiger partial charge in [0, 0.05) is 6.54 Å². The third kappa shape index (κ3) is 4.82. The molecule has 0 aliphatic carbocycles. The van der Waals surface area contributed by atoms with Gasteiger partial charge in [-0.05, 0) is 67.6 Å². The first-order valence-corrected chi connectivity index (χ1v) is 8.56. The smallest absolute Gasteiger partial charge is 0.303 e. The first kappa shape index (κ1) is 17.9. The minimum atomic E-state index is -4.29. The van der Waals surface area contributed by atoms with Crippen molar-refractivity contribution >= 4 is 0 Å². The molecular formula is C20H21F4N. The number of benzene rings is 2. The van der Waals surface area contributed by atoms with Crippen molar-refractivity contribution < 1.29 is 17.6 Å². The molecule has 1 aliphatic rings. The van der Waals surface area contributed by atoms with Gasteiger partial charge in [-0.2, -0.15) is 13.2 Å². The summed E-state index contributed by atoms with van der Waals surface area (Å²) in [7, 11) is 0. The first-order chi connectivity index (χ1) is 11.9. The van der Waals surface area contributed by atoms with Gasteiger partial charge >= 0.3 is 6.18 Å². The highest BCUT2D eigenvalue weighted by Gasteiger charge is 2.31. The molecule has 0 bridgehead atoms. The number of alkyl halides is 3. The van der Waals surface area contributed by atoms with Gasteiger partial charge in [0.05, 0.1) is 5.56 Å². The summed E-state index contributed by atoms with van der Waals surface area (Å²) in [4.78, 5) is 2.33. The van der Waals surface area contributed by atoms with Crippen LogP contribution in [-0.4, -0.2) is 24.5 Å². The molecule has 3 rings (SSSR count). The van der Waals surface area contributed by atoms with Crippen LogP contribution in [0.15, 0.2) is 48.5 Å². The Morgan fingerprint density at radius 2 is 1.64 bits per heavy atom. The van der Waals surface area contributed by atoms with Gasteiger partial charge in [0.1, 0.15) is 5.82 Å². The SMILES string of the molecule is Fc1ccc(CCN2CCC(c3cccc(C(F)(F)F)c3)CC2)cc1. The zero-order valence-corrected chi connectivity index (χ0v) is 13.9.